The van der Waals surface area contributed by atoms with Gasteiger partial charge in [0, 0.05) is 23.2 Å². The normalized spacial score (nSPS) is 56.7. The van der Waals surface area contributed by atoms with E-state index in [4.69, 9.17) is 22.9 Å². The predicted octanol–water partition coefficient (Wildman–Crippen LogP) is 0.430. The summed E-state index contributed by atoms with van der Waals surface area (Å²) in [6.07, 6.45) is 9.49. The first-order chi connectivity index (χ1) is 8.39. The maximum atomic E-state index is 6.01. The van der Waals surface area contributed by atoms with E-state index in [-0.39, 0.29) is 11.1 Å². The van der Waals surface area contributed by atoms with Crippen molar-refractivity contribution in [3.05, 3.63) is 0 Å². The summed E-state index contributed by atoms with van der Waals surface area (Å²) in [6.45, 7) is 0. The molecule has 4 bridgehead atoms. The Bertz CT molecular complexity index is 294. The van der Waals surface area contributed by atoms with Crippen molar-refractivity contribution in [3.8, 4) is 0 Å². The van der Waals surface area contributed by atoms with Crippen molar-refractivity contribution in [1.82, 2.24) is 0 Å². The van der Waals surface area contributed by atoms with Gasteiger partial charge < -0.3 is 22.9 Å². The molecular weight excluding hydrogens is 224 g/mol. The van der Waals surface area contributed by atoms with Crippen molar-refractivity contribution in [1.29, 1.82) is 0 Å². The molecule has 4 saturated carbocycles. The molecule has 4 aliphatic rings. The zero-order valence-electron chi connectivity index (χ0n) is 11.3. The number of rotatable bonds is 0. The molecule has 0 heterocycles. The Kier molecular flexibility index (Phi) is 2.98. The van der Waals surface area contributed by atoms with E-state index in [0.29, 0.717) is 12.1 Å². The van der Waals surface area contributed by atoms with Gasteiger partial charge in [0.2, 0.25) is 0 Å². The molecule has 4 fully saturated rings. The Labute approximate surface area is 110 Å². The average Bonchev–Trinajstić information content (AvgIpc) is 2.95. The third-order valence-corrected chi connectivity index (χ3v) is 5.86. The Morgan fingerprint density at radius 3 is 1.17 bits per heavy atom. The van der Waals surface area contributed by atoms with E-state index < -0.39 is 0 Å². The van der Waals surface area contributed by atoms with Gasteiger partial charge in [0.1, 0.15) is 0 Å². The van der Waals surface area contributed by atoms with Gasteiger partial charge in [0.15, 0.2) is 0 Å². The first kappa shape index (κ1) is 12.9. The topological polar surface area (TPSA) is 104 Å². The number of hydrogen-bond donors (Lipinski definition) is 4. The van der Waals surface area contributed by atoms with Crippen molar-refractivity contribution >= 4 is 0 Å². The van der Waals surface area contributed by atoms with Crippen LogP contribution in [-0.2, 0) is 0 Å². The number of nitrogens with two attached hydrogens (primary N) is 4. The van der Waals surface area contributed by atoms with Crippen LogP contribution in [0.5, 0.6) is 0 Å². The third-order valence-electron chi connectivity index (χ3n) is 5.86. The summed E-state index contributed by atoms with van der Waals surface area (Å²) in [5.74, 6) is 1.52. The largest absolute Gasteiger partial charge is 0.327 e. The smallest absolute Gasteiger partial charge is 0.0172 e. The highest BCUT2D eigenvalue weighted by atomic mass is 14.9. The first-order valence-corrected chi connectivity index (χ1v) is 7.48. The highest BCUT2D eigenvalue weighted by molar-refractivity contribution is 5.06. The molecule has 18 heavy (non-hydrogen) atoms. The van der Waals surface area contributed by atoms with Gasteiger partial charge >= 0.3 is 0 Å². The standard InChI is InChI=1S/2C7H14N2/c2*8-6-4-7(9)2-1-5(6)3-7/h2*5-6H,1-4,8-9H2/t2*5-,6+,7-/m11/s1. The monoisotopic (exact) mass is 252 g/mol. The van der Waals surface area contributed by atoms with E-state index in [1.807, 2.05) is 0 Å². The van der Waals surface area contributed by atoms with Crippen LogP contribution in [0.4, 0.5) is 0 Å². The molecular formula is C14H28N4. The third kappa shape index (κ3) is 2.20. The van der Waals surface area contributed by atoms with E-state index in [1.54, 1.807) is 0 Å². The highest BCUT2D eigenvalue weighted by Gasteiger charge is 2.47. The second-order valence-corrected chi connectivity index (χ2v) is 7.47. The lowest BCUT2D eigenvalue weighted by Gasteiger charge is -2.23. The Morgan fingerprint density at radius 2 is 1.06 bits per heavy atom. The predicted molar refractivity (Wildman–Crippen MR) is 73.7 cm³/mol. The molecule has 0 spiro atoms. The minimum absolute atomic E-state index is 0.157. The second kappa shape index (κ2) is 4.17. The van der Waals surface area contributed by atoms with E-state index in [2.05, 4.69) is 0 Å². The van der Waals surface area contributed by atoms with Crippen LogP contribution in [0.25, 0.3) is 0 Å². The van der Waals surface area contributed by atoms with Gasteiger partial charge in [-0.2, -0.15) is 0 Å². The van der Waals surface area contributed by atoms with E-state index >= 15 is 0 Å². The summed E-state index contributed by atoms with van der Waals surface area (Å²) in [6, 6.07) is 0.840. The fraction of sp³-hybridized carbons (Fsp3) is 1.00. The van der Waals surface area contributed by atoms with Gasteiger partial charge in [-0.3, -0.25) is 0 Å². The summed E-state index contributed by atoms with van der Waals surface area (Å²) in [7, 11) is 0. The minimum atomic E-state index is 0.157. The average molecular weight is 252 g/mol. The summed E-state index contributed by atoms with van der Waals surface area (Å²) in [4.78, 5) is 0. The zero-order chi connectivity index (χ0) is 13.0. The summed E-state index contributed by atoms with van der Waals surface area (Å²) < 4.78 is 0. The SMILES string of the molecule is N[C@H]1C[C@@]2(N)CC[C@@H]1C2.N[C@H]1C[C@@]2(N)CC[C@@H]1C2. The van der Waals surface area contributed by atoms with Crippen molar-refractivity contribution in [3.63, 3.8) is 0 Å². The Hall–Kier alpha value is -0.160. The lowest BCUT2D eigenvalue weighted by Crippen LogP contribution is -2.39. The second-order valence-electron chi connectivity index (χ2n) is 7.47. The molecule has 4 aliphatic carbocycles. The van der Waals surface area contributed by atoms with Crippen molar-refractivity contribution < 1.29 is 0 Å². The zero-order valence-corrected chi connectivity index (χ0v) is 11.3. The van der Waals surface area contributed by atoms with Gasteiger partial charge in [-0.05, 0) is 63.2 Å². The molecule has 4 rings (SSSR count). The van der Waals surface area contributed by atoms with Crippen LogP contribution in [0.15, 0.2) is 0 Å². The molecule has 4 nitrogen and oxygen atoms in total. The van der Waals surface area contributed by atoms with Gasteiger partial charge in [-0.1, -0.05) is 0 Å². The van der Waals surface area contributed by atoms with Crippen molar-refractivity contribution in [2.45, 2.75) is 74.5 Å². The van der Waals surface area contributed by atoms with Gasteiger partial charge in [0.05, 0.1) is 0 Å². The lowest BCUT2D eigenvalue weighted by molar-refractivity contribution is 0.380. The summed E-state index contributed by atoms with van der Waals surface area (Å²) in [5, 5.41) is 0. The highest BCUT2D eigenvalue weighted by Crippen LogP contribution is 2.45. The lowest BCUT2D eigenvalue weighted by atomic mass is 9.92. The molecule has 8 N–H and O–H groups in total. The van der Waals surface area contributed by atoms with Crippen molar-refractivity contribution in [2.24, 2.45) is 34.8 Å². The molecule has 0 saturated heterocycles. The first-order valence-electron chi connectivity index (χ1n) is 7.48. The van der Waals surface area contributed by atoms with Crippen LogP contribution in [0.2, 0.25) is 0 Å². The maximum Gasteiger partial charge on any atom is 0.0172 e. The molecule has 0 aromatic rings. The summed E-state index contributed by atoms with van der Waals surface area (Å²) in [5.41, 5.74) is 24.0. The Morgan fingerprint density at radius 1 is 0.667 bits per heavy atom. The molecule has 0 amide bonds. The van der Waals surface area contributed by atoms with Gasteiger partial charge in [0.25, 0.3) is 0 Å². The number of fused-ring (bicyclic) bond motifs is 4. The minimum Gasteiger partial charge on any atom is -0.327 e. The molecule has 4 heteroatoms. The molecule has 6 atom stereocenters. The maximum absolute atomic E-state index is 6.01. The van der Waals surface area contributed by atoms with Gasteiger partial charge in [-0.15, -0.1) is 0 Å². The van der Waals surface area contributed by atoms with Crippen LogP contribution >= 0.6 is 0 Å². The Balaban J connectivity index is 0.000000111. The van der Waals surface area contributed by atoms with Gasteiger partial charge in [-0.25, -0.2) is 0 Å². The molecule has 0 aromatic heterocycles. The number of hydrogen-bond acceptors (Lipinski definition) is 4. The molecule has 0 radical (unpaired) electrons. The molecule has 0 unspecified atom stereocenters. The van der Waals surface area contributed by atoms with Crippen molar-refractivity contribution in [2.75, 3.05) is 0 Å². The molecule has 0 aromatic carbocycles. The van der Waals surface area contributed by atoms with Crippen LogP contribution < -0.4 is 22.9 Å². The van der Waals surface area contributed by atoms with Crippen LogP contribution in [0.1, 0.15) is 51.4 Å². The van der Waals surface area contributed by atoms with Crippen LogP contribution in [0.3, 0.4) is 0 Å². The van der Waals surface area contributed by atoms with Crippen LogP contribution in [-0.4, -0.2) is 23.2 Å². The fourth-order valence-electron chi connectivity index (χ4n) is 4.77. The summed E-state index contributed by atoms with van der Waals surface area (Å²) >= 11 is 0. The van der Waals surface area contributed by atoms with E-state index in [1.165, 1.54) is 38.5 Å². The molecule has 104 valence electrons. The van der Waals surface area contributed by atoms with Crippen LogP contribution in [0, 0.1) is 11.8 Å². The quantitative estimate of drug-likeness (QED) is 0.502. The van der Waals surface area contributed by atoms with E-state index in [9.17, 15) is 0 Å². The fourth-order valence-corrected chi connectivity index (χ4v) is 4.77. The molecule has 0 aliphatic heterocycles. The van der Waals surface area contributed by atoms with E-state index in [0.717, 1.165) is 24.7 Å².